The maximum Gasteiger partial charge on any atom is 0.345 e. The van der Waals surface area contributed by atoms with Gasteiger partial charge in [-0.1, -0.05) is 18.2 Å². The number of nitrogens with one attached hydrogen (secondary N) is 1. The fourth-order valence-corrected chi connectivity index (χ4v) is 1.99. The molecular formula is C15H20N4O2. The fourth-order valence-electron chi connectivity index (χ4n) is 1.99. The summed E-state index contributed by atoms with van der Waals surface area (Å²) in [5.74, 6) is 0.162. The van der Waals surface area contributed by atoms with Gasteiger partial charge >= 0.3 is 5.97 Å². The average molecular weight is 288 g/mol. The monoisotopic (exact) mass is 288 g/mol. The molecule has 2 aromatic rings. The molecule has 0 aliphatic carbocycles. The number of carbonyl (C=O) groups is 1. The van der Waals surface area contributed by atoms with Crippen molar-refractivity contribution in [2.24, 2.45) is 0 Å². The van der Waals surface area contributed by atoms with Crippen molar-refractivity contribution in [3.05, 3.63) is 35.9 Å². The van der Waals surface area contributed by atoms with Crippen LogP contribution < -0.4 is 11.1 Å². The summed E-state index contributed by atoms with van der Waals surface area (Å²) in [6.45, 7) is 5.89. The van der Waals surface area contributed by atoms with Crippen LogP contribution in [0.2, 0.25) is 0 Å². The minimum atomic E-state index is -0.513. The highest BCUT2D eigenvalue weighted by Crippen LogP contribution is 2.29. The lowest BCUT2D eigenvalue weighted by atomic mass is 10.1. The van der Waals surface area contributed by atoms with Crippen LogP contribution in [0.15, 0.2) is 30.3 Å². The van der Waals surface area contributed by atoms with Crippen molar-refractivity contribution in [1.29, 1.82) is 0 Å². The van der Waals surface area contributed by atoms with Crippen LogP contribution in [0.4, 0.5) is 17.3 Å². The Bertz CT molecular complexity index is 642. The van der Waals surface area contributed by atoms with E-state index in [4.69, 9.17) is 10.5 Å². The van der Waals surface area contributed by atoms with Crippen LogP contribution in [0, 0.1) is 0 Å². The number of esters is 1. The zero-order valence-corrected chi connectivity index (χ0v) is 12.7. The van der Waals surface area contributed by atoms with Crippen LogP contribution in [0.5, 0.6) is 0 Å². The Hall–Kier alpha value is -2.50. The third-order valence-electron chi connectivity index (χ3n) is 2.98. The van der Waals surface area contributed by atoms with Gasteiger partial charge in [0, 0.05) is 5.69 Å². The van der Waals surface area contributed by atoms with E-state index in [2.05, 4.69) is 10.4 Å². The SMILES string of the molecule is COC(=O)c1c(Nc2ccccc2)nn(C(C)(C)C)c1N. The molecule has 6 heteroatoms. The van der Waals surface area contributed by atoms with Crippen molar-refractivity contribution < 1.29 is 9.53 Å². The number of aromatic nitrogens is 2. The van der Waals surface area contributed by atoms with Gasteiger partial charge in [-0.25, -0.2) is 9.48 Å². The van der Waals surface area contributed by atoms with E-state index < -0.39 is 5.97 Å². The molecule has 0 aliphatic rings. The number of hydrogen-bond acceptors (Lipinski definition) is 5. The zero-order valence-electron chi connectivity index (χ0n) is 12.7. The van der Waals surface area contributed by atoms with Gasteiger partial charge in [0.2, 0.25) is 0 Å². The van der Waals surface area contributed by atoms with Crippen LogP contribution in [0.3, 0.4) is 0 Å². The summed E-state index contributed by atoms with van der Waals surface area (Å²) in [6, 6.07) is 9.46. The summed E-state index contributed by atoms with van der Waals surface area (Å²) >= 11 is 0. The Balaban J connectivity index is 2.51. The number of benzene rings is 1. The third kappa shape index (κ3) is 2.99. The lowest BCUT2D eigenvalue weighted by Gasteiger charge is -2.20. The van der Waals surface area contributed by atoms with Crippen LogP contribution >= 0.6 is 0 Å². The summed E-state index contributed by atoms with van der Waals surface area (Å²) in [5, 5.41) is 7.53. The molecule has 0 saturated carbocycles. The first kappa shape index (κ1) is 14.9. The van der Waals surface area contributed by atoms with Crippen molar-refractivity contribution in [3.63, 3.8) is 0 Å². The first-order chi connectivity index (χ1) is 9.84. The van der Waals surface area contributed by atoms with Crippen molar-refractivity contribution in [1.82, 2.24) is 9.78 Å². The highest BCUT2D eigenvalue weighted by Gasteiger charge is 2.28. The molecule has 0 aliphatic heterocycles. The first-order valence-electron chi connectivity index (χ1n) is 6.64. The molecule has 0 spiro atoms. The van der Waals surface area contributed by atoms with Gasteiger partial charge in [0.05, 0.1) is 12.6 Å². The van der Waals surface area contributed by atoms with Crippen LogP contribution in [0.25, 0.3) is 0 Å². The molecule has 1 heterocycles. The molecule has 6 nitrogen and oxygen atoms in total. The number of anilines is 3. The van der Waals surface area contributed by atoms with E-state index in [1.165, 1.54) is 7.11 Å². The van der Waals surface area contributed by atoms with Crippen LogP contribution in [0.1, 0.15) is 31.1 Å². The Morgan fingerprint density at radius 2 is 1.90 bits per heavy atom. The topological polar surface area (TPSA) is 82.2 Å². The number of ether oxygens (including phenoxy) is 1. The lowest BCUT2D eigenvalue weighted by Crippen LogP contribution is -2.25. The lowest BCUT2D eigenvalue weighted by molar-refractivity contribution is 0.0603. The first-order valence-corrected chi connectivity index (χ1v) is 6.64. The van der Waals surface area contributed by atoms with Crippen LogP contribution in [-0.2, 0) is 10.3 Å². The molecule has 2 rings (SSSR count). The fraction of sp³-hybridized carbons (Fsp3) is 0.333. The Kier molecular flexibility index (Phi) is 3.88. The van der Waals surface area contributed by atoms with Crippen molar-refractivity contribution in [2.45, 2.75) is 26.3 Å². The predicted octanol–water partition coefficient (Wildman–Crippen LogP) is 2.75. The van der Waals surface area contributed by atoms with Crippen molar-refractivity contribution in [2.75, 3.05) is 18.2 Å². The molecular weight excluding hydrogens is 268 g/mol. The summed E-state index contributed by atoms with van der Waals surface area (Å²) in [5.41, 5.74) is 6.80. The molecule has 3 N–H and O–H groups in total. The second-order valence-corrected chi connectivity index (χ2v) is 5.67. The number of rotatable bonds is 3. The molecule has 1 aromatic heterocycles. The second kappa shape index (κ2) is 5.47. The number of nitrogen functional groups attached to an aromatic ring is 1. The molecule has 1 aromatic carbocycles. The van der Waals surface area contributed by atoms with Gasteiger partial charge in [0.1, 0.15) is 11.4 Å². The van der Waals surface area contributed by atoms with Gasteiger partial charge in [0.25, 0.3) is 0 Å². The normalized spacial score (nSPS) is 11.2. The van der Waals surface area contributed by atoms with Gasteiger partial charge < -0.3 is 15.8 Å². The Labute approximate surface area is 123 Å². The van der Waals surface area contributed by atoms with Crippen molar-refractivity contribution in [3.8, 4) is 0 Å². The molecule has 0 saturated heterocycles. The maximum absolute atomic E-state index is 12.0. The third-order valence-corrected chi connectivity index (χ3v) is 2.98. The Morgan fingerprint density at radius 3 is 2.43 bits per heavy atom. The van der Waals surface area contributed by atoms with Gasteiger partial charge in [-0.3, -0.25) is 0 Å². The van der Waals surface area contributed by atoms with Crippen molar-refractivity contribution >= 4 is 23.3 Å². The highest BCUT2D eigenvalue weighted by atomic mass is 16.5. The Morgan fingerprint density at radius 1 is 1.29 bits per heavy atom. The molecule has 0 unspecified atom stereocenters. The predicted molar refractivity (Wildman–Crippen MR) is 82.7 cm³/mol. The number of hydrogen-bond donors (Lipinski definition) is 2. The van der Waals surface area contributed by atoms with E-state index >= 15 is 0 Å². The summed E-state index contributed by atoms with van der Waals surface area (Å²) in [7, 11) is 1.32. The van der Waals surface area contributed by atoms with Crippen LogP contribution in [-0.4, -0.2) is 22.9 Å². The largest absolute Gasteiger partial charge is 0.465 e. The zero-order chi connectivity index (χ0) is 15.6. The van der Waals surface area contributed by atoms with E-state index in [9.17, 15) is 4.79 Å². The van der Waals surface area contributed by atoms with Gasteiger partial charge in [-0.05, 0) is 32.9 Å². The van der Waals surface area contributed by atoms with E-state index in [1.54, 1.807) is 4.68 Å². The number of carbonyl (C=O) groups excluding carboxylic acids is 1. The summed E-state index contributed by atoms with van der Waals surface area (Å²) < 4.78 is 6.42. The average Bonchev–Trinajstić information content (AvgIpc) is 2.76. The van der Waals surface area contributed by atoms with E-state index in [0.29, 0.717) is 5.82 Å². The molecule has 0 amide bonds. The number of para-hydroxylation sites is 1. The highest BCUT2D eigenvalue weighted by molar-refractivity contribution is 6.00. The quantitative estimate of drug-likeness (QED) is 0.849. The second-order valence-electron chi connectivity index (χ2n) is 5.67. The van der Waals surface area contributed by atoms with Gasteiger partial charge in [-0.15, -0.1) is 0 Å². The van der Waals surface area contributed by atoms with Gasteiger partial charge in [0.15, 0.2) is 5.82 Å². The van der Waals surface area contributed by atoms with E-state index in [1.807, 2.05) is 51.1 Å². The van der Waals surface area contributed by atoms with Gasteiger partial charge in [-0.2, -0.15) is 5.10 Å². The van der Waals surface area contributed by atoms with E-state index in [0.717, 1.165) is 5.69 Å². The number of methoxy groups -OCH3 is 1. The maximum atomic E-state index is 12.0. The van der Waals surface area contributed by atoms with E-state index in [-0.39, 0.29) is 16.9 Å². The molecule has 0 fully saturated rings. The molecule has 21 heavy (non-hydrogen) atoms. The molecule has 0 bridgehead atoms. The molecule has 112 valence electrons. The number of nitrogens with zero attached hydrogens (tertiary/aromatic N) is 2. The molecule has 0 atom stereocenters. The minimum absolute atomic E-state index is 0.247. The summed E-state index contributed by atoms with van der Waals surface area (Å²) in [4.78, 5) is 12.0. The number of nitrogens with two attached hydrogens (primary N) is 1. The minimum Gasteiger partial charge on any atom is -0.465 e. The smallest absolute Gasteiger partial charge is 0.345 e. The summed E-state index contributed by atoms with van der Waals surface area (Å²) in [6.07, 6.45) is 0. The molecule has 0 radical (unpaired) electrons. The standard InChI is InChI=1S/C15H20N4O2/c1-15(2,3)19-12(16)11(14(20)21-4)13(18-19)17-10-8-6-5-7-9-10/h5-9H,16H2,1-4H3,(H,17,18).